The van der Waals surface area contributed by atoms with Gasteiger partial charge < -0.3 is 4.98 Å². The van der Waals surface area contributed by atoms with E-state index < -0.39 is 0 Å². The molecule has 0 saturated heterocycles. The van der Waals surface area contributed by atoms with Gasteiger partial charge in [0.15, 0.2) is 0 Å². The van der Waals surface area contributed by atoms with E-state index in [0.717, 1.165) is 55.7 Å². The maximum atomic E-state index is 13.4. The summed E-state index contributed by atoms with van der Waals surface area (Å²) in [5, 5.41) is 9.42. The van der Waals surface area contributed by atoms with Crippen LogP contribution in [0.15, 0.2) is 73.6 Å². The van der Waals surface area contributed by atoms with E-state index in [1.54, 1.807) is 36.9 Å². The standard InChI is InChI=1S/C23H14FN7/c24-15-3-1-13(2-4-15)22-16-8-20(29-18(16)5-6-27-22)23-17-7-19(14-9-25-12-26-10-14)28-11-21(17)30-31-23/h1-12,29H,(H,30,31). The van der Waals surface area contributed by atoms with Gasteiger partial charge in [0.25, 0.3) is 0 Å². The van der Waals surface area contributed by atoms with Crippen molar-refractivity contribution in [3.8, 4) is 33.9 Å². The summed E-state index contributed by atoms with van der Waals surface area (Å²) in [5.41, 5.74) is 6.59. The highest BCUT2D eigenvalue weighted by molar-refractivity contribution is 6.00. The quantitative estimate of drug-likeness (QED) is 0.441. The number of hydrogen-bond acceptors (Lipinski definition) is 5. The maximum Gasteiger partial charge on any atom is 0.123 e. The molecule has 0 unspecified atom stereocenters. The van der Waals surface area contributed by atoms with Crippen LogP contribution < -0.4 is 0 Å². The lowest BCUT2D eigenvalue weighted by Gasteiger charge is -2.02. The van der Waals surface area contributed by atoms with Crippen LogP contribution in [0.4, 0.5) is 4.39 Å². The second-order valence-electron chi connectivity index (χ2n) is 7.13. The number of benzene rings is 1. The number of halogens is 1. The van der Waals surface area contributed by atoms with E-state index in [1.165, 1.54) is 18.5 Å². The van der Waals surface area contributed by atoms with E-state index in [1.807, 2.05) is 18.2 Å². The molecule has 148 valence electrons. The summed E-state index contributed by atoms with van der Waals surface area (Å²) >= 11 is 0. The predicted octanol–water partition coefficient (Wildman–Crippen LogP) is 4.76. The van der Waals surface area contributed by atoms with Crippen LogP contribution in [-0.2, 0) is 0 Å². The highest BCUT2D eigenvalue weighted by atomic mass is 19.1. The maximum absolute atomic E-state index is 13.4. The van der Waals surface area contributed by atoms with Crippen molar-refractivity contribution in [2.24, 2.45) is 0 Å². The van der Waals surface area contributed by atoms with Crippen molar-refractivity contribution in [1.82, 2.24) is 35.1 Å². The van der Waals surface area contributed by atoms with Gasteiger partial charge in [-0.05, 0) is 42.5 Å². The molecule has 5 heterocycles. The second kappa shape index (κ2) is 6.81. The molecular weight excluding hydrogens is 393 g/mol. The fraction of sp³-hybridized carbons (Fsp3) is 0. The number of hydrogen-bond donors (Lipinski definition) is 2. The summed E-state index contributed by atoms with van der Waals surface area (Å²) < 4.78 is 13.4. The summed E-state index contributed by atoms with van der Waals surface area (Å²) in [6, 6.07) is 12.2. The Balaban J connectivity index is 1.51. The third kappa shape index (κ3) is 2.93. The Labute approximate surface area is 175 Å². The molecule has 2 N–H and O–H groups in total. The Hall–Kier alpha value is -4.46. The van der Waals surface area contributed by atoms with Crippen LogP contribution in [0.1, 0.15) is 0 Å². The van der Waals surface area contributed by atoms with E-state index >= 15 is 0 Å². The molecule has 0 bridgehead atoms. The summed E-state index contributed by atoms with van der Waals surface area (Å²) in [4.78, 5) is 20.6. The molecule has 6 aromatic rings. The van der Waals surface area contributed by atoms with Crippen LogP contribution in [0.3, 0.4) is 0 Å². The fourth-order valence-corrected chi connectivity index (χ4v) is 3.73. The number of nitrogens with one attached hydrogen (secondary N) is 2. The van der Waals surface area contributed by atoms with E-state index in [0.29, 0.717) is 0 Å². The Morgan fingerprint density at radius 2 is 1.55 bits per heavy atom. The molecule has 0 aliphatic carbocycles. The Morgan fingerprint density at radius 3 is 2.39 bits per heavy atom. The first kappa shape index (κ1) is 17.4. The largest absolute Gasteiger partial charge is 0.353 e. The van der Waals surface area contributed by atoms with E-state index in [-0.39, 0.29) is 5.82 Å². The van der Waals surface area contributed by atoms with Gasteiger partial charge in [-0.25, -0.2) is 14.4 Å². The van der Waals surface area contributed by atoms with Crippen molar-refractivity contribution in [2.45, 2.75) is 0 Å². The summed E-state index contributed by atoms with van der Waals surface area (Å²) in [6.07, 6.45) is 8.43. The molecule has 0 aliphatic rings. The van der Waals surface area contributed by atoms with Gasteiger partial charge in [-0.15, -0.1) is 0 Å². The smallest absolute Gasteiger partial charge is 0.123 e. The molecule has 1 aromatic carbocycles. The van der Waals surface area contributed by atoms with Crippen LogP contribution in [0, 0.1) is 5.82 Å². The van der Waals surface area contributed by atoms with Crippen LogP contribution in [0.25, 0.3) is 55.7 Å². The zero-order valence-electron chi connectivity index (χ0n) is 16.0. The zero-order chi connectivity index (χ0) is 20.8. The highest BCUT2D eigenvalue weighted by Gasteiger charge is 2.15. The number of aromatic amines is 2. The molecule has 0 radical (unpaired) electrons. The molecule has 0 saturated carbocycles. The van der Waals surface area contributed by atoms with E-state index in [4.69, 9.17) is 0 Å². The van der Waals surface area contributed by atoms with Crippen molar-refractivity contribution >= 4 is 21.8 Å². The minimum atomic E-state index is -0.276. The molecule has 0 amide bonds. The second-order valence-corrected chi connectivity index (χ2v) is 7.13. The minimum absolute atomic E-state index is 0.276. The van der Waals surface area contributed by atoms with Crippen LogP contribution in [0.2, 0.25) is 0 Å². The number of H-pyrrole nitrogens is 2. The third-order valence-corrected chi connectivity index (χ3v) is 5.22. The number of aromatic nitrogens is 7. The average Bonchev–Trinajstić information content (AvgIpc) is 3.43. The molecule has 0 fully saturated rings. The molecule has 5 aromatic heterocycles. The first-order valence-corrected chi connectivity index (χ1v) is 9.60. The minimum Gasteiger partial charge on any atom is -0.353 e. The number of fused-ring (bicyclic) bond motifs is 2. The molecule has 7 nitrogen and oxygen atoms in total. The monoisotopic (exact) mass is 407 g/mol. The van der Waals surface area contributed by atoms with Crippen molar-refractivity contribution in [1.29, 1.82) is 0 Å². The van der Waals surface area contributed by atoms with Crippen LogP contribution >= 0.6 is 0 Å². The lowest BCUT2D eigenvalue weighted by Crippen LogP contribution is -1.86. The molecule has 0 spiro atoms. The zero-order valence-corrected chi connectivity index (χ0v) is 16.0. The first-order chi connectivity index (χ1) is 15.3. The number of rotatable bonds is 3. The topological polar surface area (TPSA) is 96.0 Å². The molecule has 31 heavy (non-hydrogen) atoms. The summed E-state index contributed by atoms with van der Waals surface area (Å²) in [6.45, 7) is 0. The highest BCUT2D eigenvalue weighted by Crippen LogP contribution is 2.33. The average molecular weight is 407 g/mol. The molecule has 0 atom stereocenters. The van der Waals surface area contributed by atoms with E-state index in [9.17, 15) is 4.39 Å². The molecule has 6 rings (SSSR count). The first-order valence-electron chi connectivity index (χ1n) is 9.60. The molecular formula is C23H14FN7. The van der Waals surface area contributed by atoms with Gasteiger partial charge in [0, 0.05) is 46.0 Å². The Morgan fingerprint density at radius 1 is 0.742 bits per heavy atom. The predicted molar refractivity (Wildman–Crippen MR) is 115 cm³/mol. The van der Waals surface area contributed by atoms with Gasteiger partial charge in [0.05, 0.1) is 28.8 Å². The summed E-state index contributed by atoms with van der Waals surface area (Å²) in [7, 11) is 0. The third-order valence-electron chi connectivity index (χ3n) is 5.22. The fourth-order valence-electron chi connectivity index (χ4n) is 3.73. The van der Waals surface area contributed by atoms with Gasteiger partial charge >= 0.3 is 0 Å². The molecule has 8 heteroatoms. The Kier molecular flexibility index (Phi) is 3.82. The normalized spacial score (nSPS) is 11.4. The lowest BCUT2D eigenvalue weighted by atomic mass is 10.1. The van der Waals surface area contributed by atoms with Gasteiger partial charge in [-0.1, -0.05) is 0 Å². The van der Waals surface area contributed by atoms with Crippen molar-refractivity contribution in [2.75, 3.05) is 0 Å². The van der Waals surface area contributed by atoms with Crippen LogP contribution in [0.5, 0.6) is 0 Å². The van der Waals surface area contributed by atoms with Crippen molar-refractivity contribution < 1.29 is 4.39 Å². The lowest BCUT2D eigenvalue weighted by molar-refractivity contribution is 0.628. The van der Waals surface area contributed by atoms with E-state index in [2.05, 4.69) is 35.1 Å². The van der Waals surface area contributed by atoms with Gasteiger partial charge in [0.2, 0.25) is 0 Å². The summed E-state index contributed by atoms with van der Waals surface area (Å²) in [5.74, 6) is -0.276. The molecule has 0 aliphatic heterocycles. The van der Waals surface area contributed by atoms with Gasteiger partial charge in [-0.3, -0.25) is 15.1 Å². The van der Waals surface area contributed by atoms with Crippen molar-refractivity contribution in [3.63, 3.8) is 0 Å². The number of pyridine rings is 2. The van der Waals surface area contributed by atoms with Gasteiger partial charge in [0.1, 0.15) is 17.8 Å². The Bertz CT molecular complexity index is 1540. The van der Waals surface area contributed by atoms with Gasteiger partial charge in [-0.2, -0.15) is 5.10 Å². The number of nitrogens with zero attached hydrogens (tertiary/aromatic N) is 5. The van der Waals surface area contributed by atoms with Crippen molar-refractivity contribution in [3.05, 3.63) is 79.4 Å². The SMILES string of the molecule is Fc1ccc(-c2nccc3[nH]c(-c4n[nH]c5cnc(-c6cncnc6)cc45)cc23)cc1. The van der Waals surface area contributed by atoms with Crippen LogP contribution in [-0.4, -0.2) is 35.1 Å².